The van der Waals surface area contributed by atoms with Crippen LogP contribution in [0.5, 0.6) is 0 Å². The van der Waals surface area contributed by atoms with E-state index in [9.17, 15) is 13.2 Å². The molecule has 1 amide bonds. The van der Waals surface area contributed by atoms with Crippen LogP contribution in [0, 0.1) is 5.82 Å². The first kappa shape index (κ1) is 24.9. The van der Waals surface area contributed by atoms with Gasteiger partial charge in [-0.2, -0.15) is 4.72 Å². The zero-order chi connectivity index (χ0) is 23.2. The summed E-state index contributed by atoms with van der Waals surface area (Å²) in [6.07, 6.45) is 1.69. The summed E-state index contributed by atoms with van der Waals surface area (Å²) in [5, 5.41) is 5.37. The van der Waals surface area contributed by atoms with E-state index < -0.39 is 22.0 Å². The molecule has 10 heteroatoms. The molecule has 2 heterocycles. The van der Waals surface area contributed by atoms with E-state index in [0.717, 1.165) is 29.3 Å². The van der Waals surface area contributed by atoms with Crippen LogP contribution in [0.25, 0.3) is 10.8 Å². The Balaban J connectivity index is 0.00000274. The second-order valence-electron chi connectivity index (χ2n) is 8.42. The minimum Gasteiger partial charge on any atom is -0.313 e. The fourth-order valence-corrected chi connectivity index (χ4v) is 5.99. The van der Waals surface area contributed by atoms with Crippen LogP contribution in [0.15, 0.2) is 53.4 Å². The lowest BCUT2D eigenvalue weighted by atomic mass is 10.0. The highest BCUT2D eigenvalue weighted by molar-refractivity contribution is 7.89. The van der Waals surface area contributed by atoms with E-state index in [4.69, 9.17) is 11.6 Å². The monoisotopic (exact) mass is 523 g/mol. The second kappa shape index (κ2) is 9.79. The molecule has 2 aliphatic rings. The summed E-state index contributed by atoms with van der Waals surface area (Å²) in [7, 11) is -3.95. The molecular formula is C24H24Cl2FN3O3S. The third kappa shape index (κ3) is 4.65. The van der Waals surface area contributed by atoms with Gasteiger partial charge in [-0.15, -0.1) is 12.4 Å². The summed E-state index contributed by atoms with van der Waals surface area (Å²) in [5.41, 5.74) is 1.74. The number of amides is 1. The Morgan fingerprint density at radius 2 is 1.85 bits per heavy atom. The average molecular weight is 524 g/mol. The highest BCUT2D eigenvalue weighted by Gasteiger charge is 2.37. The highest BCUT2D eigenvalue weighted by Crippen LogP contribution is 2.31. The van der Waals surface area contributed by atoms with Crippen LogP contribution >= 0.6 is 24.0 Å². The van der Waals surface area contributed by atoms with Crippen molar-refractivity contribution >= 4 is 56.4 Å². The zero-order valence-corrected chi connectivity index (χ0v) is 20.6. The van der Waals surface area contributed by atoms with E-state index in [1.807, 2.05) is 6.07 Å². The molecule has 0 aromatic heterocycles. The molecule has 3 aromatic rings. The average Bonchev–Trinajstić information content (AvgIpc) is 2.99. The van der Waals surface area contributed by atoms with Gasteiger partial charge in [0.1, 0.15) is 11.9 Å². The molecule has 1 atom stereocenters. The first-order chi connectivity index (χ1) is 15.8. The standard InChI is InChI=1S/C24H23ClFN3O3S.ClH/c25-18-6-3-16-13-19(7-4-15(16)12-18)33(31,32)28-21-9-11-29(24(21)30)22-8-5-17-14-27-10-1-2-20(17)23(22)26;/h3-8,12-13,21,27-28H,1-2,9-11,14H2;1H/t21-;/m0./s1. The van der Waals surface area contributed by atoms with E-state index >= 15 is 4.39 Å². The van der Waals surface area contributed by atoms with Gasteiger partial charge in [0, 0.05) is 18.1 Å². The van der Waals surface area contributed by atoms with Crippen LogP contribution in [-0.4, -0.2) is 33.5 Å². The van der Waals surface area contributed by atoms with Crippen molar-refractivity contribution < 1.29 is 17.6 Å². The van der Waals surface area contributed by atoms with Gasteiger partial charge in [-0.1, -0.05) is 29.8 Å². The number of fused-ring (bicyclic) bond motifs is 2. The molecule has 0 radical (unpaired) electrons. The predicted octanol–water partition coefficient (Wildman–Crippen LogP) is 4.17. The lowest BCUT2D eigenvalue weighted by Gasteiger charge is -2.20. The number of hydrogen-bond acceptors (Lipinski definition) is 4. The minimum atomic E-state index is -3.95. The molecule has 2 aliphatic heterocycles. The number of sulfonamides is 1. The molecule has 1 fully saturated rings. The highest BCUT2D eigenvalue weighted by atomic mass is 35.5. The number of carbonyl (C=O) groups is 1. The third-order valence-electron chi connectivity index (χ3n) is 6.29. The number of rotatable bonds is 4. The van der Waals surface area contributed by atoms with Crippen molar-refractivity contribution in [3.8, 4) is 0 Å². The van der Waals surface area contributed by atoms with Gasteiger partial charge in [0.2, 0.25) is 15.9 Å². The van der Waals surface area contributed by atoms with Crippen molar-refractivity contribution in [3.63, 3.8) is 0 Å². The topological polar surface area (TPSA) is 78.5 Å². The Kier molecular flexibility index (Phi) is 7.17. The van der Waals surface area contributed by atoms with Crippen LogP contribution in [0.2, 0.25) is 5.02 Å². The summed E-state index contributed by atoms with van der Waals surface area (Å²) in [6.45, 7) is 1.66. The number of halogens is 3. The molecule has 0 spiro atoms. The van der Waals surface area contributed by atoms with Crippen molar-refractivity contribution in [2.45, 2.75) is 36.7 Å². The Morgan fingerprint density at radius 3 is 2.68 bits per heavy atom. The summed E-state index contributed by atoms with van der Waals surface area (Å²) >= 11 is 6.00. The van der Waals surface area contributed by atoms with E-state index in [-0.39, 0.29) is 41.8 Å². The van der Waals surface area contributed by atoms with Gasteiger partial charge in [-0.3, -0.25) is 4.79 Å². The fourth-order valence-electron chi connectivity index (χ4n) is 4.55. The molecule has 6 nitrogen and oxygen atoms in total. The van der Waals surface area contributed by atoms with Crippen LogP contribution in [0.4, 0.5) is 10.1 Å². The Bertz CT molecular complexity index is 1370. The maximum Gasteiger partial charge on any atom is 0.245 e. The predicted molar refractivity (Wildman–Crippen MR) is 134 cm³/mol. The normalized spacial score (nSPS) is 18.5. The van der Waals surface area contributed by atoms with E-state index in [2.05, 4.69) is 10.0 Å². The molecule has 34 heavy (non-hydrogen) atoms. The fraction of sp³-hybridized carbons (Fsp3) is 0.292. The van der Waals surface area contributed by atoms with Gasteiger partial charge in [0.15, 0.2) is 0 Å². The number of anilines is 1. The number of carbonyl (C=O) groups excluding carboxylic acids is 1. The molecule has 0 unspecified atom stereocenters. The number of nitrogens with zero attached hydrogens (tertiary/aromatic N) is 1. The van der Waals surface area contributed by atoms with Gasteiger partial charge in [0.05, 0.1) is 10.6 Å². The van der Waals surface area contributed by atoms with Gasteiger partial charge in [-0.25, -0.2) is 12.8 Å². The van der Waals surface area contributed by atoms with E-state index in [0.29, 0.717) is 23.6 Å². The summed E-state index contributed by atoms with van der Waals surface area (Å²) in [5.74, 6) is -0.835. The van der Waals surface area contributed by atoms with Gasteiger partial charge in [-0.05, 0) is 78.0 Å². The van der Waals surface area contributed by atoms with Crippen molar-refractivity contribution in [3.05, 3.63) is 70.5 Å². The van der Waals surface area contributed by atoms with Gasteiger partial charge >= 0.3 is 0 Å². The number of nitrogens with one attached hydrogen (secondary N) is 2. The third-order valence-corrected chi connectivity index (χ3v) is 8.00. The SMILES string of the molecule is Cl.O=C1[C@@H](NS(=O)(=O)c2ccc3cc(Cl)ccc3c2)CCN1c1ccc2c(c1F)CCCNC2. The molecule has 0 bridgehead atoms. The van der Waals surface area contributed by atoms with E-state index in [1.54, 1.807) is 36.4 Å². The zero-order valence-electron chi connectivity index (χ0n) is 18.2. The van der Waals surface area contributed by atoms with Crippen molar-refractivity contribution in [2.24, 2.45) is 0 Å². The lowest BCUT2D eigenvalue weighted by molar-refractivity contribution is -0.118. The Hall–Kier alpha value is -2.23. The Morgan fingerprint density at radius 1 is 1.09 bits per heavy atom. The second-order valence-corrected chi connectivity index (χ2v) is 10.6. The molecular weight excluding hydrogens is 500 g/mol. The first-order valence-corrected chi connectivity index (χ1v) is 12.7. The molecule has 0 aliphatic carbocycles. The maximum absolute atomic E-state index is 15.3. The number of hydrogen-bond donors (Lipinski definition) is 2. The largest absolute Gasteiger partial charge is 0.313 e. The van der Waals surface area contributed by atoms with Crippen molar-refractivity contribution in [1.29, 1.82) is 0 Å². The summed E-state index contributed by atoms with van der Waals surface area (Å²) < 4.78 is 43.8. The quantitative estimate of drug-likeness (QED) is 0.537. The first-order valence-electron chi connectivity index (χ1n) is 10.9. The van der Waals surface area contributed by atoms with Gasteiger partial charge in [0.25, 0.3) is 0 Å². The van der Waals surface area contributed by atoms with Gasteiger partial charge < -0.3 is 10.2 Å². The minimum absolute atomic E-state index is 0. The number of benzene rings is 3. The Labute approximate surface area is 208 Å². The van der Waals surface area contributed by atoms with E-state index in [1.165, 1.54) is 11.0 Å². The lowest BCUT2D eigenvalue weighted by Crippen LogP contribution is -2.41. The molecule has 1 saturated heterocycles. The molecule has 180 valence electrons. The summed E-state index contributed by atoms with van der Waals surface area (Å²) in [6, 6.07) is 12.4. The molecule has 2 N–H and O–H groups in total. The van der Waals surface area contributed by atoms with Crippen molar-refractivity contribution in [2.75, 3.05) is 18.0 Å². The van der Waals surface area contributed by atoms with Crippen LogP contribution in [0.3, 0.4) is 0 Å². The smallest absolute Gasteiger partial charge is 0.245 e. The van der Waals surface area contributed by atoms with Crippen LogP contribution in [-0.2, 0) is 27.8 Å². The van der Waals surface area contributed by atoms with Crippen molar-refractivity contribution in [1.82, 2.24) is 10.0 Å². The molecule has 0 saturated carbocycles. The summed E-state index contributed by atoms with van der Waals surface area (Å²) in [4.78, 5) is 14.5. The molecule has 5 rings (SSSR count). The molecule has 3 aromatic carbocycles. The van der Waals surface area contributed by atoms with Crippen LogP contribution < -0.4 is 14.9 Å². The van der Waals surface area contributed by atoms with Crippen LogP contribution in [0.1, 0.15) is 24.0 Å². The maximum atomic E-state index is 15.3.